The van der Waals surface area contributed by atoms with Crippen molar-refractivity contribution >= 4 is 29.1 Å². The molecule has 0 radical (unpaired) electrons. The molecule has 2 N–H and O–H groups in total. The van der Waals surface area contributed by atoms with Gasteiger partial charge >= 0.3 is 0 Å². The molecule has 1 aliphatic rings. The van der Waals surface area contributed by atoms with Gasteiger partial charge in [0.25, 0.3) is 17.7 Å². The van der Waals surface area contributed by atoms with Gasteiger partial charge in [-0.15, -0.1) is 11.3 Å². The Kier molecular flexibility index (Phi) is 6.32. The monoisotopic (exact) mass is 408 g/mol. The first-order valence-electron chi connectivity index (χ1n) is 8.54. The Bertz CT molecular complexity index is 847. The average molecular weight is 408 g/mol. The molecule has 3 amide bonds. The Hall–Kier alpha value is -2.85. The highest BCUT2D eigenvalue weighted by Crippen LogP contribution is 2.16. The summed E-state index contributed by atoms with van der Waals surface area (Å²) in [4.78, 5) is 39.7. The summed E-state index contributed by atoms with van der Waals surface area (Å²) in [6.07, 6.45) is 0. The normalized spacial score (nSPS) is 14.6. The minimum Gasteiger partial charge on any atom is -0.336 e. The number of hydrogen-bond donors (Lipinski definition) is 2. The van der Waals surface area contributed by atoms with Crippen LogP contribution in [-0.2, 0) is 4.79 Å². The van der Waals surface area contributed by atoms with E-state index in [0.717, 1.165) is 12.1 Å². The predicted molar refractivity (Wildman–Crippen MR) is 98.6 cm³/mol. The summed E-state index contributed by atoms with van der Waals surface area (Å²) >= 11 is 1.26. The second kappa shape index (κ2) is 8.89. The van der Waals surface area contributed by atoms with Crippen LogP contribution in [0.3, 0.4) is 0 Å². The van der Waals surface area contributed by atoms with Crippen molar-refractivity contribution in [2.24, 2.45) is 0 Å². The molecule has 28 heavy (non-hydrogen) atoms. The highest BCUT2D eigenvalue weighted by atomic mass is 32.1. The van der Waals surface area contributed by atoms with Crippen molar-refractivity contribution < 1.29 is 23.2 Å². The molecule has 2 aromatic rings. The van der Waals surface area contributed by atoms with Crippen molar-refractivity contribution in [1.29, 1.82) is 0 Å². The summed E-state index contributed by atoms with van der Waals surface area (Å²) in [6, 6.07) is 6.66. The summed E-state index contributed by atoms with van der Waals surface area (Å²) in [5.74, 6) is -3.29. The van der Waals surface area contributed by atoms with Crippen LogP contribution >= 0.6 is 11.3 Å². The van der Waals surface area contributed by atoms with Gasteiger partial charge in [-0.25, -0.2) is 8.78 Å². The van der Waals surface area contributed by atoms with Gasteiger partial charge in [0.2, 0.25) is 0 Å². The molecule has 1 aromatic heterocycles. The lowest BCUT2D eigenvalue weighted by Gasteiger charge is -2.34. The summed E-state index contributed by atoms with van der Waals surface area (Å²) in [7, 11) is 0. The average Bonchev–Trinajstić information content (AvgIpc) is 3.21. The van der Waals surface area contributed by atoms with Crippen LogP contribution in [0.15, 0.2) is 35.7 Å². The van der Waals surface area contributed by atoms with Crippen LogP contribution in [-0.4, -0.2) is 60.2 Å². The first-order chi connectivity index (χ1) is 13.5. The molecule has 0 spiro atoms. The second-order valence-electron chi connectivity index (χ2n) is 6.14. The van der Waals surface area contributed by atoms with Gasteiger partial charge in [0.15, 0.2) is 0 Å². The summed E-state index contributed by atoms with van der Waals surface area (Å²) in [5, 5.41) is 1.75. The second-order valence-corrected chi connectivity index (χ2v) is 7.09. The number of benzene rings is 1. The first-order valence-corrected chi connectivity index (χ1v) is 9.42. The molecule has 1 saturated heterocycles. The van der Waals surface area contributed by atoms with Gasteiger partial charge in [0.1, 0.15) is 17.2 Å². The number of hydrazine groups is 1. The van der Waals surface area contributed by atoms with Crippen molar-refractivity contribution in [3.8, 4) is 0 Å². The van der Waals surface area contributed by atoms with Crippen LogP contribution in [0.5, 0.6) is 0 Å². The first kappa shape index (κ1) is 19.9. The quantitative estimate of drug-likeness (QED) is 0.746. The van der Waals surface area contributed by atoms with Crippen molar-refractivity contribution in [1.82, 2.24) is 20.7 Å². The number of thiophene rings is 1. The Labute approximate surface area is 163 Å². The van der Waals surface area contributed by atoms with Crippen molar-refractivity contribution in [2.45, 2.75) is 0 Å². The molecule has 1 aliphatic heterocycles. The number of halogens is 2. The van der Waals surface area contributed by atoms with E-state index in [1.165, 1.54) is 22.3 Å². The Balaban J connectivity index is 1.45. The molecule has 7 nitrogen and oxygen atoms in total. The Morgan fingerprint density at radius 3 is 2.25 bits per heavy atom. The maximum Gasteiger partial charge on any atom is 0.279 e. The third-order valence-electron chi connectivity index (χ3n) is 4.26. The van der Waals surface area contributed by atoms with Gasteiger partial charge < -0.3 is 4.90 Å². The van der Waals surface area contributed by atoms with E-state index >= 15 is 0 Å². The smallest absolute Gasteiger partial charge is 0.279 e. The zero-order valence-electron chi connectivity index (χ0n) is 14.8. The van der Waals surface area contributed by atoms with E-state index in [1.807, 2.05) is 0 Å². The fraction of sp³-hybridized carbons (Fsp3) is 0.278. The van der Waals surface area contributed by atoms with Gasteiger partial charge in [0, 0.05) is 26.2 Å². The fourth-order valence-electron chi connectivity index (χ4n) is 2.81. The highest BCUT2D eigenvalue weighted by molar-refractivity contribution is 7.12. The lowest BCUT2D eigenvalue weighted by molar-refractivity contribution is -0.123. The number of nitrogens with zero attached hydrogens (tertiary/aromatic N) is 2. The minimum atomic E-state index is -0.895. The lowest BCUT2D eigenvalue weighted by atomic mass is 10.1. The third kappa shape index (κ3) is 4.70. The van der Waals surface area contributed by atoms with Crippen LogP contribution in [0.4, 0.5) is 8.78 Å². The standard InChI is InChI=1S/C18H18F2N4O3S/c19-12-3-1-4-13(20)16(12)18(27)24-8-6-23(7-9-24)11-15(25)21-22-17(26)14-5-2-10-28-14/h1-5,10H,6-9,11H2,(H,21,25)(H,22,26). The van der Waals surface area contributed by atoms with E-state index in [2.05, 4.69) is 10.9 Å². The number of carbonyl (C=O) groups excluding carboxylic acids is 3. The number of piperazine rings is 1. The molecule has 0 bridgehead atoms. The van der Waals surface area contributed by atoms with Crippen molar-refractivity contribution in [3.05, 3.63) is 57.8 Å². The molecular weight excluding hydrogens is 390 g/mol. The minimum absolute atomic E-state index is 0.0286. The van der Waals surface area contributed by atoms with Gasteiger partial charge in [-0.2, -0.15) is 0 Å². The maximum absolute atomic E-state index is 13.8. The van der Waals surface area contributed by atoms with E-state index in [1.54, 1.807) is 22.4 Å². The molecule has 1 fully saturated rings. The lowest BCUT2D eigenvalue weighted by Crippen LogP contribution is -2.53. The highest BCUT2D eigenvalue weighted by Gasteiger charge is 2.27. The zero-order chi connectivity index (χ0) is 20.1. The Morgan fingerprint density at radius 2 is 1.64 bits per heavy atom. The van der Waals surface area contributed by atoms with Crippen molar-refractivity contribution in [3.63, 3.8) is 0 Å². The van der Waals surface area contributed by atoms with Crippen LogP contribution in [0.1, 0.15) is 20.0 Å². The van der Waals surface area contributed by atoms with E-state index in [4.69, 9.17) is 0 Å². The SMILES string of the molecule is O=C(CN1CCN(C(=O)c2c(F)cccc2F)CC1)NNC(=O)c1cccs1. The number of carbonyl (C=O) groups is 3. The summed E-state index contributed by atoms with van der Waals surface area (Å²) in [6.45, 7) is 1.24. The molecule has 0 unspecified atom stereocenters. The predicted octanol–water partition coefficient (Wildman–Crippen LogP) is 1.25. The van der Waals surface area contributed by atoms with Gasteiger partial charge in [-0.3, -0.25) is 30.1 Å². The number of amides is 3. The molecule has 0 saturated carbocycles. The Morgan fingerprint density at radius 1 is 0.964 bits per heavy atom. The van der Waals surface area contributed by atoms with Crippen LogP contribution in [0.25, 0.3) is 0 Å². The number of nitrogens with one attached hydrogen (secondary N) is 2. The van der Waals surface area contributed by atoms with E-state index in [9.17, 15) is 23.2 Å². The maximum atomic E-state index is 13.8. The molecule has 148 valence electrons. The molecular formula is C18H18F2N4O3S. The van der Waals surface area contributed by atoms with Crippen LogP contribution in [0, 0.1) is 11.6 Å². The number of rotatable bonds is 4. The number of hydrogen-bond acceptors (Lipinski definition) is 5. The molecule has 0 atom stereocenters. The van der Waals surface area contributed by atoms with Crippen LogP contribution < -0.4 is 10.9 Å². The molecule has 0 aliphatic carbocycles. The van der Waals surface area contributed by atoms with Crippen molar-refractivity contribution in [2.75, 3.05) is 32.7 Å². The van der Waals surface area contributed by atoms with Gasteiger partial charge in [-0.05, 0) is 23.6 Å². The molecule has 10 heteroatoms. The van der Waals surface area contributed by atoms with Crippen LogP contribution in [0.2, 0.25) is 0 Å². The van der Waals surface area contributed by atoms with Gasteiger partial charge in [0.05, 0.1) is 11.4 Å². The third-order valence-corrected chi connectivity index (χ3v) is 5.13. The van der Waals surface area contributed by atoms with Gasteiger partial charge in [-0.1, -0.05) is 12.1 Å². The summed E-state index contributed by atoms with van der Waals surface area (Å²) in [5.41, 5.74) is 4.11. The van der Waals surface area contributed by atoms with E-state index < -0.39 is 34.9 Å². The zero-order valence-corrected chi connectivity index (χ0v) is 15.6. The largest absolute Gasteiger partial charge is 0.336 e. The van der Waals surface area contributed by atoms with E-state index in [0.29, 0.717) is 18.0 Å². The van der Waals surface area contributed by atoms with E-state index in [-0.39, 0.29) is 19.6 Å². The topological polar surface area (TPSA) is 81.8 Å². The summed E-state index contributed by atoms with van der Waals surface area (Å²) < 4.78 is 27.5. The molecule has 3 rings (SSSR count). The molecule has 1 aromatic carbocycles. The molecule has 2 heterocycles. The fourth-order valence-corrected chi connectivity index (χ4v) is 3.43.